The molecule has 1 aromatic rings. The SMILES string of the molecule is O=C(O)CCC1CCc2cc(Br)cc3c2N1C=CN3. The molecule has 100 valence electrons. The standard InChI is InChI=1S/C14H15BrN2O2/c15-10-7-9-1-2-11(3-4-13(18)19)17-6-5-16-12(8-10)14(9)17/h5-8,11,16H,1-4H2,(H,18,19). The van der Waals surface area contributed by atoms with Crippen LogP contribution in [-0.2, 0) is 11.2 Å². The minimum atomic E-state index is -0.721. The van der Waals surface area contributed by atoms with Gasteiger partial charge in [-0.2, -0.15) is 0 Å². The van der Waals surface area contributed by atoms with Gasteiger partial charge in [0.1, 0.15) is 0 Å². The molecule has 0 bridgehead atoms. The van der Waals surface area contributed by atoms with Gasteiger partial charge < -0.3 is 15.3 Å². The molecule has 0 fully saturated rings. The van der Waals surface area contributed by atoms with Gasteiger partial charge >= 0.3 is 5.97 Å². The molecule has 2 aliphatic rings. The maximum atomic E-state index is 10.8. The Morgan fingerprint density at radius 3 is 3.16 bits per heavy atom. The van der Waals surface area contributed by atoms with E-state index >= 15 is 0 Å². The molecular weight excluding hydrogens is 308 g/mol. The molecule has 2 N–H and O–H groups in total. The van der Waals surface area contributed by atoms with Crippen molar-refractivity contribution in [3.05, 3.63) is 34.6 Å². The lowest BCUT2D eigenvalue weighted by Gasteiger charge is -2.39. The number of nitrogens with one attached hydrogen (secondary N) is 1. The van der Waals surface area contributed by atoms with E-state index in [1.165, 1.54) is 11.3 Å². The van der Waals surface area contributed by atoms with Crippen molar-refractivity contribution in [2.45, 2.75) is 31.7 Å². The summed E-state index contributed by atoms with van der Waals surface area (Å²) in [6, 6.07) is 4.50. The van der Waals surface area contributed by atoms with Crippen molar-refractivity contribution in [1.29, 1.82) is 0 Å². The molecule has 19 heavy (non-hydrogen) atoms. The van der Waals surface area contributed by atoms with Crippen LogP contribution in [0.3, 0.4) is 0 Å². The normalized spacial score (nSPS) is 19.8. The number of halogens is 1. The van der Waals surface area contributed by atoms with Gasteiger partial charge in [0.25, 0.3) is 0 Å². The smallest absolute Gasteiger partial charge is 0.303 e. The van der Waals surface area contributed by atoms with E-state index in [2.05, 4.69) is 38.3 Å². The average Bonchev–Trinajstić information content (AvgIpc) is 2.37. The molecular formula is C14H15BrN2O2. The van der Waals surface area contributed by atoms with Crippen LogP contribution >= 0.6 is 15.9 Å². The maximum Gasteiger partial charge on any atom is 0.303 e. The summed E-state index contributed by atoms with van der Waals surface area (Å²) in [5.74, 6) is -0.721. The number of rotatable bonds is 3. The molecule has 2 aliphatic heterocycles. The summed E-state index contributed by atoms with van der Waals surface area (Å²) < 4.78 is 1.08. The third-order valence-corrected chi connectivity index (χ3v) is 4.18. The first-order chi connectivity index (χ1) is 9.15. The fourth-order valence-corrected chi connectivity index (χ4v) is 3.39. The highest BCUT2D eigenvalue weighted by Gasteiger charge is 2.29. The predicted molar refractivity (Wildman–Crippen MR) is 78.4 cm³/mol. The lowest BCUT2D eigenvalue weighted by atomic mass is 9.92. The van der Waals surface area contributed by atoms with Crippen LogP contribution in [0, 0.1) is 0 Å². The Labute approximate surface area is 120 Å². The van der Waals surface area contributed by atoms with Gasteiger partial charge in [0.2, 0.25) is 0 Å². The zero-order chi connectivity index (χ0) is 13.4. The van der Waals surface area contributed by atoms with E-state index in [-0.39, 0.29) is 12.5 Å². The Morgan fingerprint density at radius 1 is 1.53 bits per heavy atom. The summed E-state index contributed by atoms with van der Waals surface area (Å²) in [5, 5.41) is 12.1. The largest absolute Gasteiger partial charge is 0.481 e. The molecule has 3 rings (SSSR count). The van der Waals surface area contributed by atoms with Crippen LogP contribution in [0.2, 0.25) is 0 Å². The number of hydrogen-bond donors (Lipinski definition) is 2. The monoisotopic (exact) mass is 322 g/mol. The first kappa shape index (κ1) is 12.5. The van der Waals surface area contributed by atoms with E-state index in [4.69, 9.17) is 5.11 Å². The van der Waals surface area contributed by atoms with Crippen LogP contribution in [-0.4, -0.2) is 17.1 Å². The van der Waals surface area contributed by atoms with Crippen LogP contribution in [0.25, 0.3) is 0 Å². The number of aliphatic carboxylic acids is 1. The lowest BCUT2D eigenvalue weighted by Crippen LogP contribution is -2.37. The van der Waals surface area contributed by atoms with Gasteiger partial charge in [-0.15, -0.1) is 0 Å². The van der Waals surface area contributed by atoms with Gasteiger partial charge in [-0.25, -0.2) is 0 Å². The number of carbonyl (C=O) groups is 1. The summed E-state index contributed by atoms with van der Waals surface area (Å²) in [6.07, 6.45) is 6.85. The lowest BCUT2D eigenvalue weighted by molar-refractivity contribution is -0.137. The molecule has 1 unspecified atom stereocenters. The predicted octanol–water partition coefficient (Wildman–Crippen LogP) is 3.33. The van der Waals surface area contributed by atoms with Gasteiger partial charge in [-0.1, -0.05) is 15.9 Å². The van der Waals surface area contributed by atoms with Crippen molar-refractivity contribution in [3.8, 4) is 0 Å². The van der Waals surface area contributed by atoms with Crippen molar-refractivity contribution in [1.82, 2.24) is 0 Å². The molecule has 1 atom stereocenters. The van der Waals surface area contributed by atoms with Gasteiger partial charge in [-0.05, 0) is 37.0 Å². The van der Waals surface area contributed by atoms with Crippen LogP contribution in [0.4, 0.5) is 11.4 Å². The highest BCUT2D eigenvalue weighted by Crippen LogP contribution is 2.42. The fraction of sp³-hybridized carbons (Fsp3) is 0.357. The number of anilines is 2. The number of hydrogen-bond acceptors (Lipinski definition) is 3. The number of nitrogens with zero attached hydrogens (tertiary/aromatic N) is 1. The summed E-state index contributed by atoms with van der Waals surface area (Å²) in [6.45, 7) is 0. The minimum Gasteiger partial charge on any atom is -0.481 e. The van der Waals surface area contributed by atoms with Crippen molar-refractivity contribution < 1.29 is 9.90 Å². The van der Waals surface area contributed by atoms with E-state index in [1.54, 1.807) is 0 Å². The fourth-order valence-electron chi connectivity index (χ4n) is 2.88. The highest BCUT2D eigenvalue weighted by atomic mass is 79.9. The molecule has 0 amide bonds. The molecule has 0 aliphatic carbocycles. The van der Waals surface area contributed by atoms with Gasteiger partial charge in [0.15, 0.2) is 0 Å². The van der Waals surface area contributed by atoms with Crippen molar-refractivity contribution >= 4 is 33.3 Å². The highest BCUT2D eigenvalue weighted by molar-refractivity contribution is 9.10. The minimum absolute atomic E-state index is 0.226. The second kappa shape index (κ2) is 4.89. The summed E-state index contributed by atoms with van der Waals surface area (Å²) in [7, 11) is 0. The molecule has 0 spiro atoms. The summed E-state index contributed by atoms with van der Waals surface area (Å²) >= 11 is 3.53. The Bertz CT molecular complexity index is 557. The Hall–Kier alpha value is -1.49. The molecule has 5 heteroatoms. The Kier molecular flexibility index (Phi) is 3.22. The zero-order valence-electron chi connectivity index (χ0n) is 10.4. The number of aryl methyl sites for hydroxylation is 1. The zero-order valence-corrected chi connectivity index (χ0v) is 12.0. The number of carboxylic acids is 1. The third kappa shape index (κ3) is 2.34. The number of benzene rings is 1. The van der Waals surface area contributed by atoms with Crippen molar-refractivity contribution in [2.24, 2.45) is 0 Å². The first-order valence-electron chi connectivity index (χ1n) is 6.41. The average molecular weight is 323 g/mol. The van der Waals surface area contributed by atoms with Crippen LogP contribution in [0.15, 0.2) is 29.0 Å². The van der Waals surface area contributed by atoms with E-state index < -0.39 is 5.97 Å². The van der Waals surface area contributed by atoms with E-state index in [0.29, 0.717) is 6.42 Å². The molecule has 0 radical (unpaired) electrons. The second-order valence-electron chi connectivity index (χ2n) is 4.95. The van der Waals surface area contributed by atoms with Crippen molar-refractivity contribution in [2.75, 3.05) is 10.2 Å². The van der Waals surface area contributed by atoms with Gasteiger partial charge in [0, 0.05) is 29.3 Å². The maximum absolute atomic E-state index is 10.8. The first-order valence-corrected chi connectivity index (χ1v) is 7.20. The molecule has 0 saturated heterocycles. The van der Waals surface area contributed by atoms with E-state index in [9.17, 15) is 4.79 Å². The Balaban J connectivity index is 1.92. The Morgan fingerprint density at radius 2 is 2.37 bits per heavy atom. The topological polar surface area (TPSA) is 52.6 Å². The summed E-state index contributed by atoms with van der Waals surface area (Å²) in [5.41, 5.74) is 3.60. The third-order valence-electron chi connectivity index (χ3n) is 3.72. The van der Waals surface area contributed by atoms with Gasteiger partial charge in [0.05, 0.1) is 11.4 Å². The summed E-state index contributed by atoms with van der Waals surface area (Å²) in [4.78, 5) is 13.0. The van der Waals surface area contributed by atoms with E-state index in [1.807, 2.05) is 12.4 Å². The molecule has 0 aromatic heterocycles. The van der Waals surface area contributed by atoms with Crippen LogP contribution in [0.5, 0.6) is 0 Å². The van der Waals surface area contributed by atoms with Gasteiger partial charge in [-0.3, -0.25) is 4.79 Å². The molecule has 2 heterocycles. The van der Waals surface area contributed by atoms with E-state index in [0.717, 1.165) is 23.0 Å². The quantitative estimate of drug-likeness (QED) is 0.896. The molecule has 0 saturated carbocycles. The molecule has 4 nitrogen and oxygen atoms in total. The van der Waals surface area contributed by atoms with Crippen LogP contribution < -0.4 is 10.2 Å². The van der Waals surface area contributed by atoms with Crippen LogP contribution in [0.1, 0.15) is 24.8 Å². The second-order valence-corrected chi connectivity index (χ2v) is 5.87. The van der Waals surface area contributed by atoms with Crippen molar-refractivity contribution in [3.63, 3.8) is 0 Å². The number of carboxylic acid groups (broad SMARTS) is 1. The molecule has 1 aromatic carbocycles.